The standard InChI is InChI=1S/C6H13NOS/c8-6-1-2-7(5-6)3-4-9/h6,8-9H,1-5H2. The summed E-state index contributed by atoms with van der Waals surface area (Å²) in [5.41, 5.74) is 0. The van der Waals surface area contributed by atoms with Crippen molar-refractivity contribution < 1.29 is 5.11 Å². The van der Waals surface area contributed by atoms with Crippen molar-refractivity contribution in [3.05, 3.63) is 0 Å². The van der Waals surface area contributed by atoms with Crippen LogP contribution in [0.1, 0.15) is 6.42 Å². The largest absolute Gasteiger partial charge is 0.392 e. The maximum absolute atomic E-state index is 9.06. The van der Waals surface area contributed by atoms with Crippen LogP contribution in [0, 0.1) is 0 Å². The van der Waals surface area contributed by atoms with Crippen LogP contribution in [-0.2, 0) is 0 Å². The third-order valence-corrected chi connectivity index (χ3v) is 1.86. The molecule has 0 radical (unpaired) electrons. The number of aliphatic hydroxyl groups is 1. The first kappa shape index (κ1) is 7.38. The van der Waals surface area contributed by atoms with Crippen LogP contribution < -0.4 is 0 Å². The van der Waals surface area contributed by atoms with E-state index in [4.69, 9.17) is 5.11 Å². The normalized spacial score (nSPS) is 29.3. The molecule has 1 aliphatic rings. The van der Waals surface area contributed by atoms with Gasteiger partial charge >= 0.3 is 0 Å². The molecule has 1 N–H and O–H groups in total. The first-order valence-electron chi connectivity index (χ1n) is 3.34. The lowest BCUT2D eigenvalue weighted by atomic mass is 10.3. The predicted octanol–water partition coefficient (Wildman–Crippen LogP) is -0.0172. The Morgan fingerprint density at radius 1 is 1.67 bits per heavy atom. The van der Waals surface area contributed by atoms with E-state index in [1.165, 1.54) is 0 Å². The molecule has 9 heavy (non-hydrogen) atoms. The Morgan fingerprint density at radius 2 is 2.44 bits per heavy atom. The van der Waals surface area contributed by atoms with Gasteiger partial charge in [0.05, 0.1) is 6.10 Å². The highest BCUT2D eigenvalue weighted by Crippen LogP contribution is 2.07. The molecular formula is C6H13NOS. The minimum absolute atomic E-state index is 0.0788. The second-order valence-electron chi connectivity index (χ2n) is 2.47. The molecule has 1 unspecified atom stereocenters. The van der Waals surface area contributed by atoms with Gasteiger partial charge in [0, 0.05) is 25.4 Å². The molecule has 1 atom stereocenters. The van der Waals surface area contributed by atoms with Crippen LogP contribution in [0.4, 0.5) is 0 Å². The van der Waals surface area contributed by atoms with Gasteiger partial charge < -0.3 is 5.11 Å². The van der Waals surface area contributed by atoms with E-state index in [9.17, 15) is 0 Å². The van der Waals surface area contributed by atoms with Gasteiger partial charge in [-0.05, 0) is 6.42 Å². The molecule has 1 rings (SSSR count). The summed E-state index contributed by atoms with van der Waals surface area (Å²) in [5, 5.41) is 9.06. The first-order chi connectivity index (χ1) is 4.33. The van der Waals surface area contributed by atoms with E-state index in [1.54, 1.807) is 0 Å². The van der Waals surface area contributed by atoms with Crippen molar-refractivity contribution in [1.29, 1.82) is 0 Å². The van der Waals surface area contributed by atoms with Gasteiger partial charge in [0.2, 0.25) is 0 Å². The van der Waals surface area contributed by atoms with Crippen LogP contribution in [0.2, 0.25) is 0 Å². The average molecular weight is 147 g/mol. The zero-order chi connectivity index (χ0) is 6.69. The molecule has 0 aromatic rings. The SMILES string of the molecule is OC1CCN(CCS)C1. The Morgan fingerprint density at radius 3 is 2.89 bits per heavy atom. The number of hydrogen-bond acceptors (Lipinski definition) is 3. The maximum Gasteiger partial charge on any atom is 0.0679 e. The summed E-state index contributed by atoms with van der Waals surface area (Å²) in [6.07, 6.45) is 0.859. The molecule has 54 valence electrons. The van der Waals surface area contributed by atoms with Crippen LogP contribution >= 0.6 is 12.6 Å². The number of rotatable bonds is 2. The van der Waals surface area contributed by atoms with Gasteiger partial charge in [-0.2, -0.15) is 12.6 Å². The smallest absolute Gasteiger partial charge is 0.0679 e. The minimum atomic E-state index is -0.0788. The Hall–Kier alpha value is 0.270. The summed E-state index contributed by atoms with van der Waals surface area (Å²) >= 11 is 4.10. The van der Waals surface area contributed by atoms with Crippen LogP contribution in [0.3, 0.4) is 0 Å². The summed E-state index contributed by atoms with van der Waals surface area (Å²) in [4.78, 5) is 2.23. The molecule has 0 amide bonds. The Kier molecular flexibility index (Phi) is 2.82. The second-order valence-corrected chi connectivity index (χ2v) is 2.91. The predicted molar refractivity (Wildman–Crippen MR) is 40.9 cm³/mol. The summed E-state index contributed by atoms with van der Waals surface area (Å²) in [7, 11) is 0. The van der Waals surface area contributed by atoms with E-state index < -0.39 is 0 Å². The van der Waals surface area contributed by atoms with E-state index in [-0.39, 0.29) is 6.10 Å². The second kappa shape index (κ2) is 3.44. The van der Waals surface area contributed by atoms with E-state index in [1.807, 2.05) is 0 Å². The number of hydrogen-bond donors (Lipinski definition) is 2. The number of thiol groups is 1. The lowest BCUT2D eigenvalue weighted by molar-refractivity contribution is 0.178. The number of aliphatic hydroxyl groups excluding tert-OH is 1. The van der Waals surface area contributed by atoms with E-state index in [2.05, 4.69) is 17.5 Å². The summed E-state index contributed by atoms with van der Waals surface area (Å²) in [5.74, 6) is 0.896. The summed E-state index contributed by atoms with van der Waals surface area (Å²) in [6.45, 7) is 2.91. The molecule has 0 aliphatic carbocycles. The minimum Gasteiger partial charge on any atom is -0.392 e. The van der Waals surface area contributed by atoms with Gasteiger partial charge in [-0.15, -0.1) is 0 Å². The molecule has 0 aromatic carbocycles. The molecule has 3 heteroatoms. The van der Waals surface area contributed by atoms with Gasteiger partial charge in [0.1, 0.15) is 0 Å². The van der Waals surface area contributed by atoms with Gasteiger partial charge in [-0.3, -0.25) is 4.90 Å². The molecule has 2 nitrogen and oxygen atoms in total. The monoisotopic (exact) mass is 147 g/mol. The third kappa shape index (κ3) is 2.16. The fourth-order valence-electron chi connectivity index (χ4n) is 1.16. The molecule has 0 spiro atoms. The lowest BCUT2D eigenvalue weighted by Gasteiger charge is -2.11. The fraction of sp³-hybridized carbons (Fsp3) is 1.00. The Bertz CT molecular complexity index is 87.1. The molecule has 1 fully saturated rings. The number of likely N-dealkylation sites (tertiary alicyclic amines) is 1. The zero-order valence-electron chi connectivity index (χ0n) is 5.45. The van der Waals surface area contributed by atoms with Crippen LogP contribution in [-0.4, -0.2) is 41.5 Å². The highest BCUT2D eigenvalue weighted by Gasteiger charge is 2.18. The van der Waals surface area contributed by atoms with Gasteiger partial charge in [0.15, 0.2) is 0 Å². The van der Waals surface area contributed by atoms with E-state index in [0.717, 1.165) is 31.8 Å². The van der Waals surface area contributed by atoms with Crippen molar-refractivity contribution >= 4 is 12.6 Å². The van der Waals surface area contributed by atoms with E-state index >= 15 is 0 Å². The van der Waals surface area contributed by atoms with Gasteiger partial charge in [-0.25, -0.2) is 0 Å². The molecule has 0 saturated carbocycles. The molecule has 0 aromatic heterocycles. The Labute approximate surface area is 61.3 Å². The number of β-amino-alcohol motifs (C(OH)–C–C–N with tert-alkyl or cyclic N) is 1. The van der Waals surface area contributed by atoms with Gasteiger partial charge in [-0.1, -0.05) is 0 Å². The molecule has 1 saturated heterocycles. The quantitative estimate of drug-likeness (QED) is 0.536. The van der Waals surface area contributed by atoms with Crippen LogP contribution in [0.15, 0.2) is 0 Å². The maximum atomic E-state index is 9.06. The van der Waals surface area contributed by atoms with Crippen molar-refractivity contribution in [3.63, 3.8) is 0 Å². The third-order valence-electron chi connectivity index (χ3n) is 1.66. The van der Waals surface area contributed by atoms with Crippen molar-refractivity contribution in [2.75, 3.05) is 25.4 Å². The van der Waals surface area contributed by atoms with Crippen molar-refractivity contribution in [2.24, 2.45) is 0 Å². The van der Waals surface area contributed by atoms with Crippen molar-refractivity contribution in [1.82, 2.24) is 4.90 Å². The van der Waals surface area contributed by atoms with Crippen LogP contribution in [0.25, 0.3) is 0 Å². The molecule has 0 bridgehead atoms. The topological polar surface area (TPSA) is 23.5 Å². The van der Waals surface area contributed by atoms with Crippen molar-refractivity contribution in [3.8, 4) is 0 Å². The Balaban J connectivity index is 2.14. The molecular weight excluding hydrogens is 134 g/mol. The summed E-state index contributed by atoms with van der Waals surface area (Å²) < 4.78 is 0. The molecule has 1 aliphatic heterocycles. The highest BCUT2D eigenvalue weighted by molar-refractivity contribution is 7.80. The van der Waals surface area contributed by atoms with E-state index in [0.29, 0.717) is 0 Å². The fourth-order valence-corrected chi connectivity index (χ4v) is 1.44. The highest BCUT2D eigenvalue weighted by atomic mass is 32.1. The van der Waals surface area contributed by atoms with Crippen molar-refractivity contribution in [2.45, 2.75) is 12.5 Å². The average Bonchev–Trinajstić information content (AvgIpc) is 2.17. The zero-order valence-corrected chi connectivity index (χ0v) is 6.35. The summed E-state index contributed by atoms with van der Waals surface area (Å²) in [6, 6.07) is 0. The lowest BCUT2D eigenvalue weighted by Crippen LogP contribution is -2.23. The first-order valence-corrected chi connectivity index (χ1v) is 3.97. The van der Waals surface area contributed by atoms with Crippen LogP contribution in [0.5, 0.6) is 0 Å². The van der Waals surface area contributed by atoms with Gasteiger partial charge in [0.25, 0.3) is 0 Å². The molecule has 1 heterocycles. The number of nitrogens with zero attached hydrogens (tertiary/aromatic N) is 1.